The van der Waals surface area contributed by atoms with Gasteiger partial charge in [0.1, 0.15) is 0 Å². The molecule has 2 fully saturated rings. The van der Waals surface area contributed by atoms with Gasteiger partial charge in [0.05, 0.1) is 18.5 Å². The molecule has 1 saturated heterocycles. The summed E-state index contributed by atoms with van der Waals surface area (Å²) in [6, 6.07) is 5.64. The molecule has 0 spiro atoms. The van der Waals surface area contributed by atoms with Crippen LogP contribution in [0.25, 0.3) is 0 Å². The summed E-state index contributed by atoms with van der Waals surface area (Å²) in [7, 11) is 0. The van der Waals surface area contributed by atoms with Crippen LogP contribution in [0.15, 0.2) is 18.2 Å². The predicted molar refractivity (Wildman–Crippen MR) is 86.5 cm³/mol. The van der Waals surface area contributed by atoms with Crippen molar-refractivity contribution in [3.05, 3.63) is 28.8 Å². The zero-order valence-corrected chi connectivity index (χ0v) is 13.7. The first-order chi connectivity index (χ1) is 10.5. The molecule has 0 unspecified atom stereocenters. The molecule has 1 heterocycles. The Balaban J connectivity index is 1.68. The van der Waals surface area contributed by atoms with Gasteiger partial charge in [0, 0.05) is 10.7 Å². The standard InChI is InChI=1S/C17H21ClN2O2/c1-10-3-6-13-14(7-10)17(22)20(16(13)21)9-19-12-5-4-11(2)15(18)8-12/h4-5,8,10,13-14,19H,3,6-7,9H2,1-2H3/t10-,13-,14+/m0/s1. The van der Waals surface area contributed by atoms with E-state index in [0.29, 0.717) is 10.9 Å². The number of carbonyl (C=O) groups excluding carboxylic acids is 2. The number of hydrogen-bond acceptors (Lipinski definition) is 3. The first-order valence-electron chi connectivity index (χ1n) is 7.82. The monoisotopic (exact) mass is 320 g/mol. The average molecular weight is 321 g/mol. The van der Waals surface area contributed by atoms with Crippen molar-refractivity contribution in [1.82, 2.24) is 4.90 Å². The van der Waals surface area contributed by atoms with E-state index < -0.39 is 0 Å². The fourth-order valence-corrected chi connectivity index (χ4v) is 3.67. The van der Waals surface area contributed by atoms with E-state index in [1.54, 1.807) is 0 Å². The van der Waals surface area contributed by atoms with Crippen molar-refractivity contribution in [3.8, 4) is 0 Å². The van der Waals surface area contributed by atoms with Crippen LogP contribution in [0.1, 0.15) is 31.7 Å². The van der Waals surface area contributed by atoms with Crippen molar-refractivity contribution >= 4 is 29.1 Å². The Morgan fingerprint density at radius 2 is 1.95 bits per heavy atom. The number of amides is 2. The quantitative estimate of drug-likeness (QED) is 0.868. The van der Waals surface area contributed by atoms with Gasteiger partial charge in [0.25, 0.3) is 0 Å². The fourth-order valence-electron chi connectivity index (χ4n) is 3.49. The summed E-state index contributed by atoms with van der Waals surface area (Å²) in [5.41, 5.74) is 1.82. The van der Waals surface area contributed by atoms with Gasteiger partial charge in [-0.3, -0.25) is 14.5 Å². The van der Waals surface area contributed by atoms with Crippen molar-refractivity contribution in [2.24, 2.45) is 17.8 Å². The Hall–Kier alpha value is -1.55. The molecule has 0 bridgehead atoms. The molecule has 118 valence electrons. The lowest BCUT2D eigenvalue weighted by Gasteiger charge is -2.25. The minimum Gasteiger partial charge on any atom is -0.367 e. The van der Waals surface area contributed by atoms with E-state index >= 15 is 0 Å². The number of anilines is 1. The summed E-state index contributed by atoms with van der Waals surface area (Å²) in [4.78, 5) is 26.3. The molecule has 3 rings (SSSR count). The van der Waals surface area contributed by atoms with Crippen LogP contribution in [0.3, 0.4) is 0 Å². The van der Waals surface area contributed by atoms with Crippen molar-refractivity contribution in [1.29, 1.82) is 0 Å². The number of halogens is 1. The van der Waals surface area contributed by atoms with E-state index in [-0.39, 0.29) is 30.3 Å². The number of imide groups is 1. The topological polar surface area (TPSA) is 49.4 Å². The van der Waals surface area contributed by atoms with Gasteiger partial charge in [0.15, 0.2) is 0 Å². The molecule has 4 nitrogen and oxygen atoms in total. The summed E-state index contributed by atoms with van der Waals surface area (Å²) in [6.07, 6.45) is 2.71. The second kappa shape index (κ2) is 5.92. The van der Waals surface area contributed by atoms with Crippen LogP contribution < -0.4 is 5.32 Å². The number of nitrogens with zero attached hydrogens (tertiary/aromatic N) is 1. The second-order valence-electron chi connectivity index (χ2n) is 6.53. The second-order valence-corrected chi connectivity index (χ2v) is 6.94. The van der Waals surface area contributed by atoms with Crippen LogP contribution in [-0.4, -0.2) is 23.4 Å². The highest BCUT2D eigenvalue weighted by molar-refractivity contribution is 6.31. The maximum atomic E-state index is 12.5. The molecule has 1 N–H and O–H groups in total. The van der Waals surface area contributed by atoms with Crippen LogP contribution in [0.5, 0.6) is 0 Å². The SMILES string of the molecule is Cc1ccc(NCN2C(=O)[C@H]3CC[C@H](C)C[C@H]3C2=O)cc1Cl. The molecule has 0 aromatic heterocycles. The zero-order valence-electron chi connectivity index (χ0n) is 12.9. The van der Waals surface area contributed by atoms with Crippen LogP contribution in [0.2, 0.25) is 5.02 Å². The van der Waals surface area contributed by atoms with Gasteiger partial charge in [-0.1, -0.05) is 24.6 Å². The first-order valence-corrected chi connectivity index (χ1v) is 8.20. The lowest BCUT2D eigenvalue weighted by molar-refractivity contribution is -0.139. The zero-order chi connectivity index (χ0) is 15.9. The number of hydrogen-bond donors (Lipinski definition) is 1. The van der Waals surface area contributed by atoms with Gasteiger partial charge in [0.2, 0.25) is 11.8 Å². The fraction of sp³-hybridized carbons (Fsp3) is 0.529. The average Bonchev–Trinajstić information content (AvgIpc) is 2.72. The maximum absolute atomic E-state index is 12.5. The molecule has 5 heteroatoms. The van der Waals surface area contributed by atoms with Crippen molar-refractivity contribution in [2.75, 3.05) is 12.0 Å². The van der Waals surface area contributed by atoms with E-state index in [9.17, 15) is 9.59 Å². The molecule has 1 saturated carbocycles. The van der Waals surface area contributed by atoms with Crippen molar-refractivity contribution < 1.29 is 9.59 Å². The first kappa shape index (κ1) is 15.3. The van der Waals surface area contributed by atoms with Gasteiger partial charge in [-0.05, 0) is 49.8 Å². The largest absolute Gasteiger partial charge is 0.367 e. The number of likely N-dealkylation sites (tertiary alicyclic amines) is 1. The van der Waals surface area contributed by atoms with Gasteiger partial charge in [-0.15, -0.1) is 0 Å². The Kier molecular flexibility index (Phi) is 4.13. The summed E-state index contributed by atoms with van der Waals surface area (Å²) < 4.78 is 0. The third kappa shape index (κ3) is 2.72. The summed E-state index contributed by atoms with van der Waals surface area (Å²) in [5.74, 6) is 0.272. The Morgan fingerprint density at radius 1 is 1.23 bits per heavy atom. The summed E-state index contributed by atoms with van der Waals surface area (Å²) in [5, 5.41) is 3.81. The third-order valence-corrected chi connectivity index (χ3v) is 5.30. The number of aryl methyl sites for hydroxylation is 1. The Morgan fingerprint density at radius 3 is 2.68 bits per heavy atom. The van der Waals surface area contributed by atoms with Crippen LogP contribution in [-0.2, 0) is 9.59 Å². The Bertz CT molecular complexity index is 617. The maximum Gasteiger partial charge on any atom is 0.234 e. The molecule has 1 aliphatic carbocycles. The number of benzene rings is 1. The van der Waals surface area contributed by atoms with Crippen molar-refractivity contribution in [3.63, 3.8) is 0 Å². The molecule has 0 radical (unpaired) electrons. The van der Waals surface area contributed by atoms with E-state index in [2.05, 4.69) is 12.2 Å². The lowest BCUT2D eigenvalue weighted by Crippen LogP contribution is -2.35. The van der Waals surface area contributed by atoms with Gasteiger partial charge in [-0.2, -0.15) is 0 Å². The highest BCUT2D eigenvalue weighted by atomic mass is 35.5. The van der Waals surface area contributed by atoms with E-state index in [1.165, 1.54) is 4.90 Å². The van der Waals surface area contributed by atoms with Crippen LogP contribution in [0.4, 0.5) is 5.69 Å². The smallest absolute Gasteiger partial charge is 0.234 e. The Labute approximate surface area is 135 Å². The van der Waals surface area contributed by atoms with Gasteiger partial charge >= 0.3 is 0 Å². The van der Waals surface area contributed by atoms with Gasteiger partial charge in [-0.25, -0.2) is 0 Å². The minimum absolute atomic E-state index is 0.0207. The van der Waals surface area contributed by atoms with Crippen LogP contribution in [0, 0.1) is 24.7 Å². The summed E-state index contributed by atoms with van der Waals surface area (Å²) in [6.45, 7) is 4.31. The molecule has 3 atom stereocenters. The summed E-state index contributed by atoms with van der Waals surface area (Å²) >= 11 is 6.09. The number of fused-ring (bicyclic) bond motifs is 1. The van der Waals surface area contributed by atoms with E-state index in [1.807, 2.05) is 25.1 Å². The third-order valence-electron chi connectivity index (χ3n) is 4.89. The van der Waals surface area contributed by atoms with E-state index in [0.717, 1.165) is 30.5 Å². The molecule has 1 aromatic carbocycles. The number of nitrogens with one attached hydrogen (secondary N) is 1. The van der Waals surface area contributed by atoms with Gasteiger partial charge < -0.3 is 5.32 Å². The normalized spacial score (nSPS) is 28.0. The molecule has 1 aliphatic heterocycles. The van der Waals surface area contributed by atoms with Crippen LogP contribution >= 0.6 is 11.6 Å². The van der Waals surface area contributed by atoms with Crippen molar-refractivity contribution in [2.45, 2.75) is 33.1 Å². The molecule has 2 amide bonds. The molecule has 1 aromatic rings. The molecule has 2 aliphatic rings. The van der Waals surface area contributed by atoms with E-state index in [4.69, 9.17) is 11.6 Å². The number of carbonyl (C=O) groups is 2. The molecular weight excluding hydrogens is 300 g/mol. The minimum atomic E-state index is -0.111. The number of rotatable bonds is 3. The lowest BCUT2D eigenvalue weighted by atomic mass is 9.76. The highest BCUT2D eigenvalue weighted by Crippen LogP contribution is 2.40. The molecular formula is C17H21ClN2O2. The predicted octanol–water partition coefficient (Wildman–Crippen LogP) is 3.44. The molecule has 22 heavy (non-hydrogen) atoms. The highest BCUT2D eigenvalue weighted by Gasteiger charge is 2.49.